The number of carbonyl (C=O) groups excluding carboxylic acids is 1. The third kappa shape index (κ3) is 6.03. The second-order valence-electron chi connectivity index (χ2n) is 6.22. The van der Waals surface area contributed by atoms with Gasteiger partial charge < -0.3 is 10.4 Å². The molecule has 0 bridgehead atoms. The van der Waals surface area contributed by atoms with Crippen LogP contribution in [0.2, 0.25) is 0 Å². The molecule has 3 rings (SSSR count). The Morgan fingerprint density at radius 1 is 0.966 bits per heavy atom. The van der Waals surface area contributed by atoms with Crippen LogP contribution in [0.25, 0.3) is 0 Å². The lowest BCUT2D eigenvalue weighted by molar-refractivity contribution is 0.0696. The molecule has 29 heavy (non-hydrogen) atoms. The fourth-order valence-corrected chi connectivity index (χ4v) is 2.79. The Hall–Kier alpha value is -3.43. The lowest BCUT2D eigenvalue weighted by atomic mass is 10.1. The van der Waals surface area contributed by atoms with E-state index >= 15 is 0 Å². The van der Waals surface area contributed by atoms with Crippen LogP contribution in [0.5, 0.6) is 0 Å². The second-order valence-corrected chi connectivity index (χ2v) is 7.14. The fraction of sp³-hybridized carbons (Fsp3) is 0.0870. The molecule has 0 saturated heterocycles. The van der Waals surface area contributed by atoms with Gasteiger partial charge in [0.25, 0.3) is 5.91 Å². The van der Waals surface area contributed by atoms with Crippen LogP contribution >= 0.6 is 15.9 Å². The van der Waals surface area contributed by atoms with Crippen molar-refractivity contribution < 1.29 is 14.7 Å². The van der Waals surface area contributed by atoms with Crippen molar-refractivity contribution in [3.63, 3.8) is 0 Å². The number of carboxylic acids is 1. The van der Waals surface area contributed by atoms with Crippen LogP contribution in [-0.4, -0.2) is 22.0 Å². The monoisotopic (exact) mass is 448 g/mol. The first-order valence-electron chi connectivity index (χ1n) is 8.81. The van der Waals surface area contributed by atoms with Gasteiger partial charge in [0.1, 0.15) is 5.69 Å². The van der Waals surface area contributed by atoms with Gasteiger partial charge in [-0.1, -0.05) is 46.1 Å². The SMILES string of the molecule is O=C(O)c1ccc(CNC(=O)c2ccnc(C#CCc3ccc(Br)cc3)c2)cc1. The summed E-state index contributed by atoms with van der Waals surface area (Å²) in [7, 11) is 0. The van der Waals surface area contributed by atoms with Gasteiger partial charge >= 0.3 is 5.97 Å². The first kappa shape index (κ1) is 20.3. The number of carboxylic acid groups (broad SMARTS) is 1. The fourth-order valence-electron chi connectivity index (χ4n) is 2.53. The Kier molecular flexibility index (Phi) is 6.77. The molecule has 0 saturated carbocycles. The Labute approximate surface area is 176 Å². The van der Waals surface area contributed by atoms with Crippen molar-refractivity contribution in [1.29, 1.82) is 0 Å². The van der Waals surface area contributed by atoms with Crippen molar-refractivity contribution in [2.24, 2.45) is 0 Å². The number of pyridine rings is 1. The minimum absolute atomic E-state index is 0.209. The molecule has 1 heterocycles. The molecule has 3 aromatic rings. The number of benzene rings is 2. The van der Waals surface area contributed by atoms with Gasteiger partial charge in [-0.05, 0) is 53.4 Å². The van der Waals surface area contributed by atoms with Gasteiger partial charge in [0, 0.05) is 29.2 Å². The third-order valence-corrected chi connectivity index (χ3v) is 4.63. The number of aromatic carboxylic acids is 1. The van der Waals surface area contributed by atoms with E-state index in [1.807, 2.05) is 24.3 Å². The van der Waals surface area contributed by atoms with Gasteiger partial charge in [0.05, 0.1) is 5.56 Å². The normalized spacial score (nSPS) is 9.97. The Morgan fingerprint density at radius 2 is 1.66 bits per heavy atom. The van der Waals surface area contributed by atoms with Gasteiger partial charge in [-0.2, -0.15) is 0 Å². The van der Waals surface area contributed by atoms with Gasteiger partial charge in [0.15, 0.2) is 0 Å². The highest BCUT2D eigenvalue weighted by Gasteiger charge is 2.07. The summed E-state index contributed by atoms with van der Waals surface area (Å²) in [4.78, 5) is 27.5. The summed E-state index contributed by atoms with van der Waals surface area (Å²) in [5.74, 6) is 4.83. The van der Waals surface area contributed by atoms with Crippen molar-refractivity contribution in [3.8, 4) is 11.8 Å². The van der Waals surface area contributed by atoms with Crippen LogP contribution in [0.1, 0.15) is 37.5 Å². The maximum Gasteiger partial charge on any atom is 0.335 e. The first-order chi connectivity index (χ1) is 14.0. The van der Waals surface area contributed by atoms with E-state index < -0.39 is 5.97 Å². The van der Waals surface area contributed by atoms with E-state index in [-0.39, 0.29) is 11.5 Å². The molecule has 2 N–H and O–H groups in total. The molecule has 6 heteroatoms. The Bertz CT molecular complexity index is 1080. The zero-order valence-corrected chi connectivity index (χ0v) is 16.9. The van der Waals surface area contributed by atoms with Crippen molar-refractivity contribution in [2.45, 2.75) is 13.0 Å². The maximum absolute atomic E-state index is 12.4. The van der Waals surface area contributed by atoms with Crippen molar-refractivity contribution in [1.82, 2.24) is 10.3 Å². The number of halogens is 1. The van der Waals surface area contributed by atoms with E-state index in [1.54, 1.807) is 30.5 Å². The zero-order chi connectivity index (χ0) is 20.6. The van der Waals surface area contributed by atoms with E-state index in [0.717, 1.165) is 15.6 Å². The molecular formula is C23H17BrN2O3. The van der Waals surface area contributed by atoms with Gasteiger partial charge in [-0.25, -0.2) is 9.78 Å². The van der Waals surface area contributed by atoms with E-state index in [0.29, 0.717) is 24.2 Å². The van der Waals surface area contributed by atoms with Crippen molar-refractivity contribution in [3.05, 3.63) is 99.3 Å². The van der Waals surface area contributed by atoms with Crippen molar-refractivity contribution in [2.75, 3.05) is 0 Å². The molecule has 1 amide bonds. The molecule has 0 aliphatic carbocycles. The predicted molar refractivity (Wildman–Crippen MR) is 114 cm³/mol. The number of hydrogen-bond donors (Lipinski definition) is 2. The van der Waals surface area contributed by atoms with Crippen molar-refractivity contribution >= 4 is 27.8 Å². The smallest absolute Gasteiger partial charge is 0.335 e. The molecule has 0 radical (unpaired) electrons. The highest BCUT2D eigenvalue weighted by molar-refractivity contribution is 9.10. The van der Waals surface area contributed by atoms with Gasteiger partial charge in [-0.3, -0.25) is 4.79 Å². The van der Waals surface area contributed by atoms with E-state index in [9.17, 15) is 9.59 Å². The lowest BCUT2D eigenvalue weighted by Gasteiger charge is -2.06. The topological polar surface area (TPSA) is 79.3 Å². The van der Waals surface area contributed by atoms with E-state index in [1.165, 1.54) is 12.1 Å². The average Bonchev–Trinajstić information content (AvgIpc) is 2.74. The number of aromatic nitrogens is 1. The standard InChI is InChI=1S/C23H17BrN2O3/c24-20-10-6-16(7-11-20)2-1-3-21-14-19(12-13-25-21)22(27)26-15-17-4-8-18(9-5-17)23(28)29/h4-14H,2,15H2,(H,26,27)(H,28,29). The van der Waals surface area contributed by atoms with E-state index in [4.69, 9.17) is 5.11 Å². The summed E-state index contributed by atoms with van der Waals surface area (Å²) in [5, 5.41) is 11.7. The highest BCUT2D eigenvalue weighted by atomic mass is 79.9. The van der Waals surface area contributed by atoms with Gasteiger partial charge in [0.2, 0.25) is 0 Å². The number of nitrogens with one attached hydrogen (secondary N) is 1. The number of amides is 1. The molecule has 2 aromatic carbocycles. The largest absolute Gasteiger partial charge is 0.478 e. The van der Waals surface area contributed by atoms with Crippen LogP contribution in [0, 0.1) is 11.8 Å². The quantitative estimate of drug-likeness (QED) is 0.576. The highest BCUT2D eigenvalue weighted by Crippen LogP contribution is 2.11. The molecular weight excluding hydrogens is 432 g/mol. The van der Waals surface area contributed by atoms with Gasteiger partial charge in [-0.15, -0.1) is 0 Å². The van der Waals surface area contributed by atoms with Crippen LogP contribution in [-0.2, 0) is 13.0 Å². The molecule has 144 valence electrons. The molecule has 0 aliphatic rings. The van der Waals surface area contributed by atoms with Crippen LogP contribution < -0.4 is 5.32 Å². The summed E-state index contributed by atoms with van der Waals surface area (Å²) in [5.41, 5.74) is 3.12. The Morgan fingerprint density at radius 3 is 2.34 bits per heavy atom. The van der Waals surface area contributed by atoms with Crippen LogP contribution in [0.4, 0.5) is 0 Å². The zero-order valence-electron chi connectivity index (χ0n) is 15.4. The minimum atomic E-state index is -0.980. The summed E-state index contributed by atoms with van der Waals surface area (Å²) in [6.45, 7) is 0.297. The number of nitrogens with zero attached hydrogens (tertiary/aromatic N) is 1. The molecule has 0 aliphatic heterocycles. The maximum atomic E-state index is 12.4. The third-order valence-electron chi connectivity index (χ3n) is 4.10. The first-order valence-corrected chi connectivity index (χ1v) is 9.60. The molecule has 0 fully saturated rings. The Balaban J connectivity index is 1.59. The molecule has 5 nitrogen and oxygen atoms in total. The predicted octanol–water partition coefficient (Wildman–Crippen LogP) is 4.07. The molecule has 0 spiro atoms. The number of rotatable bonds is 5. The summed E-state index contributed by atoms with van der Waals surface area (Å²) in [6.07, 6.45) is 2.15. The summed E-state index contributed by atoms with van der Waals surface area (Å²) in [6, 6.07) is 17.6. The number of carbonyl (C=O) groups is 2. The molecule has 0 unspecified atom stereocenters. The van der Waals surface area contributed by atoms with E-state index in [2.05, 4.69) is 38.1 Å². The molecule has 1 aromatic heterocycles. The number of hydrogen-bond acceptors (Lipinski definition) is 3. The minimum Gasteiger partial charge on any atom is -0.478 e. The summed E-state index contributed by atoms with van der Waals surface area (Å²) >= 11 is 3.40. The second kappa shape index (κ2) is 9.67. The van der Waals surface area contributed by atoms with Crippen LogP contribution in [0.15, 0.2) is 71.3 Å². The lowest BCUT2D eigenvalue weighted by Crippen LogP contribution is -2.23. The molecule has 0 atom stereocenters. The van der Waals surface area contributed by atoms with Crippen LogP contribution in [0.3, 0.4) is 0 Å². The summed E-state index contributed by atoms with van der Waals surface area (Å²) < 4.78 is 1.02. The average molecular weight is 449 g/mol.